The maximum atomic E-state index is 13.0. The van der Waals surface area contributed by atoms with Crippen molar-refractivity contribution in [3.05, 3.63) is 64.7 Å². The fourth-order valence-electron chi connectivity index (χ4n) is 3.16. The van der Waals surface area contributed by atoms with E-state index in [1.54, 1.807) is 19.1 Å². The lowest BCUT2D eigenvalue weighted by molar-refractivity contribution is 0.0472. The fraction of sp³-hybridized carbons (Fsp3) is 0.409. The predicted molar refractivity (Wildman–Crippen MR) is 110 cm³/mol. The second-order valence-electron chi connectivity index (χ2n) is 7.47. The molecule has 1 aliphatic rings. The number of carbonyl (C=O) groups is 1. The zero-order valence-electron chi connectivity index (χ0n) is 17.1. The third-order valence-corrected chi connectivity index (χ3v) is 7.07. The molecule has 0 bridgehead atoms. The van der Waals surface area contributed by atoms with Crippen LogP contribution < -0.4 is 0 Å². The second-order valence-corrected chi connectivity index (χ2v) is 9.38. The first-order valence-corrected chi connectivity index (χ1v) is 11.2. The average Bonchev–Trinajstić information content (AvgIpc) is 2.73. The van der Waals surface area contributed by atoms with Crippen molar-refractivity contribution < 1.29 is 22.7 Å². The summed E-state index contributed by atoms with van der Waals surface area (Å²) in [6.07, 6.45) is 0. The zero-order valence-corrected chi connectivity index (χ0v) is 17.9. The topological polar surface area (TPSA) is 72.9 Å². The summed E-state index contributed by atoms with van der Waals surface area (Å²) in [6, 6.07) is 12.6. The van der Waals surface area contributed by atoms with E-state index in [0.717, 1.165) is 5.56 Å². The summed E-state index contributed by atoms with van der Waals surface area (Å²) in [5.74, 6) is -0.109. The first kappa shape index (κ1) is 21.5. The summed E-state index contributed by atoms with van der Waals surface area (Å²) >= 11 is 0. The Kier molecular flexibility index (Phi) is 6.72. The van der Waals surface area contributed by atoms with Crippen molar-refractivity contribution in [1.82, 2.24) is 4.31 Å². The number of hydrogen-bond acceptors (Lipinski definition) is 5. The van der Waals surface area contributed by atoms with Gasteiger partial charge in [0.15, 0.2) is 0 Å². The minimum Gasteiger partial charge on any atom is -0.457 e. The summed E-state index contributed by atoms with van der Waals surface area (Å²) < 4.78 is 38.0. The van der Waals surface area contributed by atoms with Gasteiger partial charge in [0.25, 0.3) is 0 Å². The molecule has 7 heteroatoms. The molecule has 1 heterocycles. The molecule has 1 aliphatic heterocycles. The van der Waals surface area contributed by atoms with Gasteiger partial charge in [0, 0.05) is 13.1 Å². The van der Waals surface area contributed by atoms with Crippen LogP contribution >= 0.6 is 0 Å². The third kappa shape index (κ3) is 5.04. The Morgan fingerprint density at radius 3 is 2.38 bits per heavy atom. The molecule has 29 heavy (non-hydrogen) atoms. The number of hydrogen-bond donors (Lipinski definition) is 0. The minimum atomic E-state index is -3.68. The van der Waals surface area contributed by atoms with Gasteiger partial charge in [0.1, 0.15) is 6.61 Å². The van der Waals surface area contributed by atoms with E-state index < -0.39 is 16.0 Å². The highest BCUT2D eigenvalue weighted by atomic mass is 32.2. The van der Waals surface area contributed by atoms with Gasteiger partial charge in [-0.25, -0.2) is 13.2 Å². The van der Waals surface area contributed by atoms with Gasteiger partial charge >= 0.3 is 5.97 Å². The molecule has 0 radical (unpaired) electrons. The molecule has 1 fully saturated rings. The van der Waals surface area contributed by atoms with Gasteiger partial charge in [-0.3, -0.25) is 0 Å². The van der Waals surface area contributed by atoms with Gasteiger partial charge in [-0.2, -0.15) is 4.31 Å². The number of sulfonamides is 1. The van der Waals surface area contributed by atoms with E-state index in [1.807, 2.05) is 24.3 Å². The van der Waals surface area contributed by atoms with Crippen molar-refractivity contribution in [2.75, 3.05) is 26.3 Å². The van der Waals surface area contributed by atoms with Crippen molar-refractivity contribution >= 4 is 16.0 Å². The molecule has 2 aromatic rings. The summed E-state index contributed by atoms with van der Waals surface area (Å²) in [6.45, 7) is 7.45. The number of morpholine rings is 1. The van der Waals surface area contributed by atoms with Crippen molar-refractivity contribution in [3.63, 3.8) is 0 Å². The van der Waals surface area contributed by atoms with Crippen LogP contribution in [0.3, 0.4) is 0 Å². The number of aryl methyl sites for hydroxylation is 1. The molecule has 0 N–H and O–H groups in total. The van der Waals surface area contributed by atoms with Gasteiger partial charge in [-0.15, -0.1) is 0 Å². The lowest BCUT2D eigenvalue weighted by atomic mass is 10.0. The molecule has 0 saturated carbocycles. The summed E-state index contributed by atoms with van der Waals surface area (Å²) in [4.78, 5) is 12.6. The van der Waals surface area contributed by atoms with Crippen LogP contribution in [0.1, 0.15) is 46.8 Å². The van der Waals surface area contributed by atoms with E-state index in [2.05, 4.69) is 13.8 Å². The molecular formula is C22H27NO5S. The van der Waals surface area contributed by atoms with Crippen LogP contribution in [-0.4, -0.2) is 45.0 Å². The predicted octanol–water partition coefficient (Wildman–Crippen LogP) is 3.50. The maximum Gasteiger partial charge on any atom is 0.338 e. The minimum absolute atomic E-state index is 0.134. The quantitative estimate of drug-likeness (QED) is 0.673. The van der Waals surface area contributed by atoms with Crippen LogP contribution in [0.5, 0.6) is 0 Å². The monoisotopic (exact) mass is 417 g/mol. The zero-order chi connectivity index (χ0) is 21.0. The molecule has 3 rings (SSSR count). The number of esters is 1. The van der Waals surface area contributed by atoms with Gasteiger partial charge in [-0.05, 0) is 41.7 Å². The SMILES string of the molecule is Cc1ccc(C(=O)OCc2ccc(C(C)C)cc2)cc1S(=O)(=O)N1CCOCC1. The standard InChI is InChI=1S/C22H27NO5S/c1-16(2)19-8-5-18(6-9-19)15-28-22(24)20-7-4-17(3)21(14-20)29(25,26)23-10-12-27-13-11-23/h4-9,14,16H,10-13,15H2,1-3H3. The van der Waals surface area contributed by atoms with Gasteiger partial charge in [0.2, 0.25) is 10.0 Å². The Labute approximate surface area is 172 Å². The van der Waals surface area contributed by atoms with Crippen LogP contribution in [0.15, 0.2) is 47.4 Å². The van der Waals surface area contributed by atoms with Crippen LogP contribution in [0, 0.1) is 6.92 Å². The molecule has 0 aliphatic carbocycles. The lowest BCUT2D eigenvalue weighted by Gasteiger charge is -2.26. The van der Waals surface area contributed by atoms with Crippen LogP contribution in [0.25, 0.3) is 0 Å². The number of ether oxygens (including phenoxy) is 2. The molecule has 1 saturated heterocycles. The Balaban J connectivity index is 1.73. The van der Waals surface area contributed by atoms with E-state index in [4.69, 9.17) is 9.47 Å². The molecule has 156 valence electrons. The summed E-state index contributed by atoms with van der Waals surface area (Å²) in [7, 11) is -3.68. The molecule has 0 amide bonds. The van der Waals surface area contributed by atoms with E-state index >= 15 is 0 Å². The molecule has 2 aromatic carbocycles. The highest BCUT2D eigenvalue weighted by Gasteiger charge is 2.28. The van der Waals surface area contributed by atoms with E-state index in [-0.39, 0.29) is 17.1 Å². The van der Waals surface area contributed by atoms with Crippen molar-refractivity contribution in [2.45, 2.75) is 38.2 Å². The number of carbonyl (C=O) groups excluding carboxylic acids is 1. The maximum absolute atomic E-state index is 13.0. The van der Waals surface area contributed by atoms with Gasteiger partial charge < -0.3 is 9.47 Å². The van der Waals surface area contributed by atoms with Gasteiger partial charge in [-0.1, -0.05) is 44.2 Å². The molecule has 0 aromatic heterocycles. The Hall–Kier alpha value is -2.22. The largest absolute Gasteiger partial charge is 0.457 e. The first-order chi connectivity index (χ1) is 13.8. The average molecular weight is 418 g/mol. The molecule has 6 nitrogen and oxygen atoms in total. The smallest absolute Gasteiger partial charge is 0.338 e. The molecular weight excluding hydrogens is 390 g/mol. The third-order valence-electron chi connectivity index (χ3n) is 5.03. The van der Waals surface area contributed by atoms with E-state index in [1.165, 1.54) is 15.9 Å². The second kappa shape index (κ2) is 9.07. The van der Waals surface area contributed by atoms with Crippen LogP contribution in [-0.2, 0) is 26.1 Å². The molecule has 0 unspecified atom stereocenters. The number of rotatable bonds is 6. The van der Waals surface area contributed by atoms with Crippen LogP contribution in [0.2, 0.25) is 0 Å². The number of benzene rings is 2. The Morgan fingerprint density at radius 2 is 1.76 bits per heavy atom. The van der Waals surface area contributed by atoms with E-state index in [0.29, 0.717) is 37.8 Å². The molecule has 0 spiro atoms. The summed E-state index contributed by atoms with van der Waals surface area (Å²) in [5.41, 5.74) is 2.92. The highest BCUT2D eigenvalue weighted by molar-refractivity contribution is 7.89. The number of nitrogens with zero attached hydrogens (tertiary/aromatic N) is 1. The first-order valence-electron chi connectivity index (χ1n) is 9.73. The van der Waals surface area contributed by atoms with Crippen molar-refractivity contribution in [2.24, 2.45) is 0 Å². The van der Waals surface area contributed by atoms with Crippen molar-refractivity contribution in [3.8, 4) is 0 Å². The normalized spacial score (nSPS) is 15.4. The lowest BCUT2D eigenvalue weighted by Crippen LogP contribution is -2.40. The summed E-state index contributed by atoms with van der Waals surface area (Å²) in [5, 5.41) is 0. The Morgan fingerprint density at radius 1 is 1.10 bits per heavy atom. The highest BCUT2D eigenvalue weighted by Crippen LogP contribution is 2.23. The Bertz CT molecular complexity index is 961. The van der Waals surface area contributed by atoms with Gasteiger partial charge in [0.05, 0.1) is 23.7 Å². The molecule has 0 atom stereocenters. The fourth-order valence-corrected chi connectivity index (χ4v) is 4.82. The van der Waals surface area contributed by atoms with Crippen molar-refractivity contribution in [1.29, 1.82) is 0 Å². The van der Waals surface area contributed by atoms with E-state index in [9.17, 15) is 13.2 Å². The van der Waals surface area contributed by atoms with Crippen LogP contribution in [0.4, 0.5) is 0 Å².